The van der Waals surface area contributed by atoms with Gasteiger partial charge in [0.25, 0.3) is 0 Å². The van der Waals surface area contributed by atoms with Crippen LogP contribution in [0.5, 0.6) is 0 Å². The molecule has 0 bridgehead atoms. The van der Waals surface area contributed by atoms with Gasteiger partial charge in [-0.05, 0) is 25.0 Å². The van der Waals surface area contributed by atoms with E-state index in [9.17, 15) is 4.79 Å². The highest BCUT2D eigenvalue weighted by Crippen LogP contribution is 2.24. The smallest absolute Gasteiger partial charge is 0.229 e. The molecule has 0 N–H and O–H groups in total. The Hall–Kier alpha value is -1.39. The van der Waals surface area contributed by atoms with Crippen LogP contribution in [0, 0.1) is 0 Å². The van der Waals surface area contributed by atoms with Gasteiger partial charge in [-0.1, -0.05) is 23.7 Å². The quantitative estimate of drug-likeness (QED) is 0.867. The third-order valence-electron chi connectivity index (χ3n) is 3.45. The van der Waals surface area contributed by atoms with Gasteiger partial charge in [-0.2, -0.15) is 0 Å². The summed E-state index contributed by atoms with van der Waals surface area (Å²) >= 11 is 7.42. The van der Waals surface area contributed by atoms with E-state index in [1.165, 1.54) is 0 Å². The first kappa shape index (κ1) is 13.6. The van der Waals surface area contributed by atoms with E-state index < -0.39 is 0 Å². The molecule has 104 valence electrons. The molecule has 1 fully saturated rings. The fourth-order valence-corrected chi connectivity index (χ4v) is 3.27. The number of carbonyl (C=O) groups is 1. The van der Waals surface area contributed by atoms with E-state index >= 15 is 0 Å². The molecule has 1 aromatic heterocycles. The number of hydrogen-bond acceptors (Lipinski definition) is 3. The summed E-state index contributed by atoms with van der Waals surface area (Å²) in [4.78, 5) is 18.6. The zero-order chi connectivity index (χ0) is 13.9. The highest BCUT2D eigenvalue weighted by Gasteiger charge is 2.19. The fraction of sp³-hybridized carbons (Fsp3) is 0.333. The average molecular weight is 307 g/mol. The van der Waals surface area contributed by atoms with Crippen LogP contribution >= 0.6 is 22.9 Å². The first-order chi connectivity index (χ1) is 9.72. The van der Waals surface area contributed by atoms with E-state index in [1.807, 2.05) is 34.5 Å². The number of amides is 1. The molecule has 1 aliphatic heterocycles. The summed E-state index contributed by atoms with van der Waals surface area (Å²) in [7, 11) is 0. The van der Waals surface area contributed by atoms with E-state index in [0.29, 0.717) is 11.4 Å². The summed E-state index contributed by atoms with van der Waals surface area (Å²) in [6, 6.07) is 7.60. The van der Waals surface area contributed by atoms with Crippen LogP contribution in [-0.2, 0) is 11.2 Å². The molecule has 5 heteroatoms. The Bertz CT molecular complexity index is 603. The molecule has 3 nitrogen and oxygen atoms in total. The van der Waals surface area contributed by atoms with Crippen molar-refractivity contribution in [2.24, 2.45) is 0 Å². The summed E-state index contributed by atoms with van der Waals surface area (Å²) in [6.07, 6.45) is 2.66. The number of benzene rings is 1. The average Bonchev–Trinajstić information content (AvgIpc) is 3.10. The Kier molecular flexibility index (Phi) is 4.03. The Morgan fingerprint density at radius 2 is 1.95 bits per heavy atom. The molecule has 1 aliphatic rings. The van der Waals surface area contributed by atoms with Crippen molar-refractivity contribution < 1.29 is 4.79 Å². The van der Waals surface area contributed by atoms with Crippen molar-refractivity contribution in [1.29, 1.82) is 0 Å². The Balaban J connectivity index is 1.70. The molecule has 2 heterocycles. The van der Waals surface area contributed by atoms with Crippen LogP contribution in [0.25, 0.3) is 11.3 Å². The molecule has 0 atom stereocenters. The van der Waals surface area contributed by atoms with Crippen LogP contribution in [0.2, 0.25) is 5.02 Å². The second kappa shape index (κ2) is 5.94. The van der Waals surface area contributed by atoms with Crippen molar-refractivity contribution in [3.05, 3.63) is 39.7 Å². The van der Waals surface area contributed by atoms with Crippen LogP contribution in [0.15, 0.2) is 29.6 Å². The third kappa shape index (κ3) is 3.02. The summed E-state index contributed by atoms with van der Waals surface area (Å²) in [6.45, 7) is 1.79. The van der Waals surface area contributed by atoms with Gasteiger partial charge in [0.15, 0.2) is 0 Å². The van der Waals surface area contributed by atoms with Gasteiger partial charge in [-0.3, -0.25) is 4.79 Å². The first-order valence-corrected chi connectivity index (χ1v) is 7.96. The van der Waals surface area contributed by atoms with Crippen molar-refractivity contribution in [2.75, 3.05) is 13.1 Å². The van der Waals surface area contributed by atoms with Crippen LogP contribution in [-0.4, -0.2) is 28.9 Å². The number of likely N-dealkylation sites (tertiary alicyclic amines) is 1. The molecule has 0 saturated carbocycles. The Morgan fingerprint density at radius 1 is 1.25 bits per heavy atom. The fourth-order valence-electron chi connectivity index (χ4n) is 2.35. The minimum Gasteiger partial charge on any atom is -0.342 e. The van der Waals surface area contributed by atoms with Gasteiger partial charge in [0, 0.05) is 29.1 Å². The monoisotopic (exact) mass is 306 g/mol. The van der Waals surface area contributed by atoms with Crippen molar-refractivity contribution in [2.45, 2.75) is 19.3 Å². The zero-order valence-electron chi connectivity index (χ0n) is 11.0. The SMILES string of the molecule is O=C(Cc1nc(-c2ccc(Cl)cc2)cs1)N1CCCC1. The number of aromatic nitrogens is 1. The van der Waals surface area contributed by atoms with Gasteiger partial charge in [0.1, 0.15) is 5.01 Å². The lowest BCUT2D eigenvalue weighted by molar-refractivity contribution is -0.129. The standard InChI is InChI=1S/C15H15ClN2OS/c16-12-5-3-11(4-6-12)13-10-20-14(17-13)9-15(19)18-7-1-2-8-18/h3-6,10H,1-2,7-9H2. The number of nitrogens with zero attached hydrogens (tertiary/aromatic N) is 2. The lowest BCUT2D eigenvalue weighted by Crippen LogP contribution is -2.28. The van der Waals surface area contributed by atoms with E-state index in [-0.39, 0.29) is 5.91 Å². The molecule has 0 radical (unpaired) electrons. The van der Waals surface area contributed by atoms with E-state index in [1.54, 1.807) is 11.3 Å². The molecule has 0 spiro atoms. The summed E-state index contributed by atoms with van der Waals surface area (Å²) in [5, 5.41) is 3.59. The molecule has 0 aliphatic carbocycles. The molecule has 2 aromatic rings. The minimum atomic E-state index is 0.194. The summed E-state index contributed by atoms with van der Waals surface area (Å²) in [5.74, 6) is 0.194. The van der Waals surface area contributed by atoms with E-state index in [0.717, 1.165) is 42.2 Å². The van der Waals surface area contributed by atoms with Gasteiger partial charge in [0.2, 0.25) is 5.91 Å². The minimum absolute atomic E-state index is 0.194. The van der Waals surface area contributed by atoms with Crippen LogP contribution in [0.3, 0.4) is 0 Å². The molecule has 0 unspecified atom stereocenters. The highest BCUT2D eigenvalue weighted by atomic mass is 35.5. The van der Waals surface area contributed by atoms with Crippen LogP contribution in [0.4, 0.5) is 0 Å². The molecule has 1 saturated heterocycles. The largest absolute Gasteiger partial charge is 0.342 e. The summed E-state index contributed by atoms with van der Waals surface area (Å²) in [5.41, 5.74) is 1.95. The van der Waals surface area contributed by atoms with Crippen LogP contribution < -0.4 is 0 Å². The normalized spacial score (nSPS) is 14.8. The van der Waals surface area contributed by atoms with E-state index in [4.69, 9.17) is 11.6 Å². The lowest BCUT2D eigenvalue weighted by Gasteiger charge is -2.13. The maximum Gasteiger partial charge on any atom is 0.229 e. The second-order valence-electron chi connectivity index (χ2n) is 4.90. The van der Waals surface area contributed by atoms with E-state index in [2.05, 4.69) is 4.98 Å². The predicted molar refractivity (Wildman–Crippen MR) is 82.1 cm³/mol. The van der Waals surface area contributed by atoms with Gasteiger partial charge >= 0.3 is 0 Å². The zero-order valence-corrected chi connectivity index (χ0v) is 12.6. The molecule has 1 amide bonds. The number of halogens is 1. The van der Waals surface area contributed by atoms with Gasteiger partial charge in [-0.25, -0.2) is 4.98 Å². The van der Waals surface area contributed by atoms with Gasteiger partial charge in [-0.15, -0.1) is 11.3 Å². The van der Waals surface area contributed by atoms with Crippen molar-refractivity contribution in [3.63, 3.8) is 0 Å². The Morgan fingerprint density at radius 3 is 2.65 bits per heavy atom. The van der Waals surface area contributed by atoms with Crippen molar-refractivity contribution >= 4 is 28.8 Å². The predicted octanol–water partition coefficient (Wildman–Crippen LogP) is 3.63. The topological polar surface area (TPSA) is 33.2 Å². The lowest BCUT2D eigenvalue weighted by atomic mass is 10.2. The van der Waals surface area contributed by atoms with Gasteiger partial charge in [0.05, 0.1) is 12.1 Å². The summed E-state index contributed by atoms with van der Waals surface area (Å²) < 4.78 is 0. The highest BCUT2D eigenvalue weighted by molar-refractivity contribution is 7.10. The van der Waals surface area contributed by atoms with Crippen molar-refractivity contribution in [3.8, 4) is 11.3 Å². The number of rotatable bonds is 3. The van der Waals surface area contributed by atoms with Crippen molar-refractivity contribution in [1.82, 2.24) is 9.88 Å². The Labute approximate surface area is 127 Å². The molecule has 1 aromatic carbocycles. The van der Waals surface area contributed by atoms with Crippen LogP contribution in [0.1, 0.15) is 17.8 Å². The van der Waals surface area contributed by atoms with Gasteiger partial charge < -0.3 is 4.90 Å². The molecular formula is C15H15ClN2OS. The number of hydrogen-bond donors (Lipinski definition) is 0. The first-order valence-electron chi connectivity index (χ1n) is 6.70. The molecule has 20 heavy (non-hydrogen) atoms. The number of carbonyl (C=O) groups excluding carboxylic acids is 1. The molecule has 3 rings (SSSR count). The second-order valence-corrected chi connectivity index (χ2v) is 6.28. The number of thiazole rings is 1. The maximum absolute atomic E-state index is 12.1. The molecular weight excluding hydrogens is 292 g/mol. The third-order valence-corrected chi connectivity index (χ3v) is 4.55. The maximum atomic E-state index is 12.1.